The van der Waals surface area contributed by atoms with Gasteiger partial charge in [0.2, 0.25) is 0 Å². The standard InChI is InChI=1S/C10H9ClN4.2ClH/c11-9-7(3-1-2-4-12)5-8-6-13-15-10(8)14-9;;/h5-6H,2,4,12H2,(H,13,14,15);2*1H. The van der Waals surface area contributed by atoms with Gasteiger partial charge in [0.15, 0.2) is 5.65 Å². The minimum atomic E-state index is 0. The highest BCUT2D eigenvalue weighted by molar-refractivity contribution is 6.31. The molecule has 3 N–H and O–H groups in total. The van der Waals surface area contributed by atoms with Crippen LogP contribution in [-0.4, -0.2) is 21.7 Å². The van der Waals surface area contributed by atoms with Gasteiger partial charge in [-0.25, -0.2) is 4.98 Å². The SMILES string of the molecule is Cl.Cl.NCCC#Cc1cc2cn[nH]c2nc1Cl. The second-order valence-corrected chi connectivity index (χ2v) is 3.33. The van der Waals surface area contributed by atoms with Crippen LogP contribution >= 0.6 is 36.4 Å². The number of halogens is 3. The van der Waals surface area contributed by atoms with Crippen molar-refractivity contribution in [2.24, 2.45) is 5.73 Å². The van der Waals surface area contributed by atoms with E-state index in [9.17, 15) is 0 Å². The molecule has 0 unspecified atom stereocenters. The minimum absolute atomic E-state index is 0. The van der Waals surface area contributed by atoms with Crippen molar-refractivity contribution in [1.29, 1.82) is 0 Å². The Morgan fingerprint density at radius 3 is 2.88 bits per heavy atom. The van der Waals surface area contributed by atoms with Crippen molar-refractivity contribution >= 4 is 47.4 Å². The van der Waals surface area contributed by atoms with Crippen molar-refractivity contribution < 1.29 is 0 Å². The zero-order valence-corrected chi connectivity index (χ0v) is 11.1. The summed E-state index contributed by atoms with van der Waals surface area (Å²) in [6.45, 7) is 0.548. The van der Waals surface area contributed by atoms with Crippen molar-refractivity contribution in [3.8, 4) is 11.8 Å². The zero-order chi connectivity index (χ0) is 10.7. The lowest BCUT2D eigenvalue weighted by Crippen LogP contribution is -1.95. The van der Waals surface area contributed by atoms with Gasteiger partial charge in [0, 0.05) is 18.4 Å². The molecule has 0 radical (unpaired) electrons. The van der Waals surface area contributed by atoms with Crippen LogP contribution in [0.2, 0.25) is 5.15 Å². The number of hydrogen-bond acceptors (Lipinski definition) is 3. The molecule has 0 fully saturated rings. The van der Waals surface area contributed by atoms with Gasteiger partial charge >= 0.3 is 0 Å². The first-order valence-corrected chi connectivity index (χ1v) is 4.87. The van der Waals surface area contributed by atoms with Gasteiger partial charge in [0.05, 0.1) is 11.8 Å². The fourth-order valence-electron chi connectivity index (χ4n) is 1.17. The first-order valence-electron chi connectivity index (χ1n) is 4.50. The van der Waals surface area contributed by atoms with E-state index in [1.54, 1.807) is 6.20 Å². The van der Waals surface area contributed by atoms with Crippen molar-refractivity contribution in [1.82, 2.24) is 15.2 Å². The number of nitrogens with two attached hydrogens (primary N) is 1. The molecule has 0 aliphatic heterocycles. The maximum atomic E-state index is 5.95. The molecule has 92 valence electrons. The van der Waals surface area contributed by atoms with Crippen LogP contribution in [0.5, 0.6) is 0 Å². The van der Waals surface area contributed by atoms with Gasteiger partial charge in [-0.3, -0.25) is 5.10 Å². The van der Waals surface area contributed by atoms with Gasteiger partial charge in [-0.05, 0) is 6.07 Å². The highest BCUT2D eigenvalue weighted by Crippen LogP contribution is 2.17. The predicted molar refractivity (Wildman–Crippen MR) is 73.9 cm³/mol. The van der Waals surface area contributed by atoms with Gasteiger partial charge in [0.1, 0.15) is 5.15 Å². The van der Waals surface area contributed by atoms with Gasteiger partial charge in [-0.1, -0.05) is 23.4 Å². The fourth-order valence-corrected chi connectivity index (χ4v) is 1.36. The maximum absolute atomic E-state index is 5.95. The predicted octanol–water partition coefficient (Wildman–Crippen LogP) is 2.16. The van der Waals surface area contributed by atoms with Crippen molar-refractivity contribution in [3.05, 3.63) is 23.0 Å². The third kappa shape index (κ3) is 3.76. The second-order valence-electron chi connectivity index (χ2n) is 2.98. The van der Waals surface area contributed by atoms with Gasteiger partial charge in [0.25, 0.3) is 0 Å². The molecule has 0 saturated carbocycles. The van der Waals surface area contributed by atoms with Crippen LogP contribution in [0.1, 0.15) is 12.0 Å². The van der Waals surface area contributed by atoms with E-state index in [1.807, 2.05) is 6.07 Å². The third-order valence-electron chi connectivity index (χ3n) is 1.87. The monoisotopic (exact) mass is 292 g/mol. The lowest BCUT2D eigenvalue weighted by Gasteiger charge is -1.94. The number of rotatable bonds is 1. The number of nitrogens with zero attached hydrogens (tertiary/aromatic N) is 2. The Hall–Kier alpha value is -0.990. The Kier molecular flexibility index (Phi) is 6.93. The molecular formula is C10H11Cl3N4. The summed E-state index contributed by atoms with van der Waals surface area (Å²) in [5.74, 6) is 5.85. The summed E-state index contributed by atoms with van der Waals surface area (Å²) in [4.78, 5) is 4.13. The number of nitrogens with one attached hydrogen (secondary N) is 1. The molecule has 7 heteroatoms. The summed E-state index contributed by atoms with van der Waals surface area (Å²) < 4.78 is 0. The van der Waals surface area contributed by atoms with Crippen LogP contribution in [-0.2, 0) is 0 Å². The maximum Gasteiger partial charge on any atom is 0.156 e. The number of H-pyrrole nitrogens is 1. The average molecular weight is 294 g/mol. The van der Waals surface area contributed by atoms with E-state index in [4.69, 9.17) is 17.3 Å². The van der Waals surface area contributed by atoms with Crippen molar-refractivity contribution in [3.63, 3.8) is 0 Å². The molecule has 2 heterocycles. The van der Waals surface area contributed by atoms with Crippen LogP contribution in [0.4, 0.5) is 0 Å². The Morgan fingerprint density at radius 1 is 1.41 bits per heavy atom. The largest absolute Gasteiger partial charge is 0.330 e. The van der Waals surface area contributed by atoms with Crippen LogP contribution in [0.15, 0.2) is 12.3 Å². The topological polar surface area (TPSA) is 67.6 Å². The Balaban J connectivity index is 0.00000128. The smallest absolute Gasteiger partial charge is 0.156 e. The molecule has 0 amide bonds. The van der Waals surface area contributed by atoms with E-state index in [2.05, 4.69) is 27.0 Å². The molecule has 0 aromatic carbocycles. The number of aromatic nitrogens is 3. The van der Waals surface area contributed by atoms with Crippen LogP contribution in [0, 0.1) is 11.8 Å². The number of aromatic amines is 1. The summed E-state index contributed by atoms with van der Waals surface area (Å²) in [5.41, 5.74) is 6.72. The molecule has 0 aliphatic carbocycles. The first-order chi connectivity index (χ1) is 7.31. The van der Waals surface area contributed by atoms with Crippen molar-refractivity contribution in [2.75, 3.05) is 6.54 Å². The second kappa shape index (κ2) is 7.36. The lowest BCUT2D eigenvalue weighted by molar-refractivity contribution is 1.03. The lowest BCUT2D eigenvalue weighted by atomic mass is 10.2. The summed E-state index contributed by atoms with van der Waals surface area (Å²) in [6, 6.07) is 1.86. The van der Waals surface area contributed by atoms with Crippen LogP contribution < -0.4 is 5.73 Å². The molecule has 0 saturated heterocycles. The normalized spacial score (nSPS) is 8.82. The molecule has 0 aliphatic rings. The van der Waals surface area contributed by atoms with E-state index < -0.39 is 0 Å². The van der Waals surface area contributed by atoms with Crippen molar-refractivity contribution in [2.45, 2.75) is 6.42 Å². The van der Waals surface area contributed by atoms with Gasteiger partial charge in [-0.15, -0.1) is 24.8 Å². The molecule has 0 atom stereocenters. The molecule has 2 rings (SSSR count). The van der Waals surface area contributed by atoms with E-state index in [1.165, 1.54) is 0 Å². The van der Waals surface area contributed by atoms with Crippen LogP contribution in [0.25, 0.3) is 11.0 Å². The third-order valence-corrected chi connectivity index (χ3v) is 2.16. The summed E-state index contributed by atoms with van der Waals surface area (Å²) >= 11 is 5.95. The molecule has 4 nitrogen and oxygen atoms in total. The summed E-state index contributed by atoms with van der Waals surface area (Å²) in [5, 5.41) is 7.89. The molecule has 2 aromatic heterocycles. The van der Waals surface area contributed by atoms with E-state index in [-0.39, 0.29) is 24.8 Å². The van der Waals surface area contributed by atoms with E-state index in [0.29, 0.717) is 29.3 Å². The Bertz CT molecular complexity index is 541. The number of hydrogen-bond donors (Lipinski definition) is 2. The van der Waals surface area contributed by atoms with E-state index in [0.717, 1.165) is 5.39 Å². The first kappa shape index (κ1) is 16.0. The quantitative estimate of drug-likeness (QED) is 0.625. The highest BCUT2D eigenvalue weighted by Gasteiger charge is 2.03. The van der Waals surface area contributed by atoms with Gasteiger partial charge in [-0.2, -0.15) is 5.10 Å². The Labute approximate surface area is 116 Å². The Morgan fingerprint density at radius 2 is 2.18 bits per heavy atom. The summed E-state index contributed by atoms with van der Waals surface area (Å²) in [7, 11) is 0. The fraction of sp³-hybridized carbons (Fsp3) is 0.200. The van der Waals surface area contributed by atoms with Crippen LogP contribution in [0.3, 0.4) is 0 Å². The number of fused-ring (bicyclic) bond motifs is 1. The highest BCUT2D eigenvalue weighted by atomic mass is 35.5. The molecule has 0 spiro atoms. The average Bonchev–Trinajstić information content (AvgIpc) is 2.65. The van der Waals surface area contributed by atoms with E-state index >= 15 is 0 Å². The minimum Gasteiger partial charge on any atom is -0.330 e. The molecule has 2 aromatic rings. The van der Waals surface area contributed by atoms with Gasteiger partial charge < -0.3 is 5.73 Å². The summed E-state index contributed by atoms with van der Waals surface area (Å²) in [6.07, 6.45) is 2.34. The molecular weight excluding hydrogens is 282 g/mol. The number of pyridine rings is 1. The molecule has 17 heavy (non-hydrogen) atoms. The zero-order valence-electron chi connectivity index (χ0n) is 8.74. The molecule has 0 bridgehead atoms.